The molecule has 5 nitrogen and oxygen atoms in total. The summed E-state index contributed by atoms with van der Waals surface area (Å²) >= 11 is 0. The summed E-state index contributed by atoms with van der Waals surface area (Å²) < 4.78 is 4.96. The van der Waals surface area contributed by atoms with Gasteiger partial charge in [-0.1, -0.05) is 12.1 Å². The predicted molar refractivity (Wildman–Crippen MR) is 69.7 cm³/mol. The average molecular weight is 242 g/mol. The zero-order valence-corrected chi connectivity index (χ0v) is 10.1. The Morgan fingerprint density at radius 2 is 1.94 bits per heavy atom. The summed E-state index contributed by atoms with van der Waals surface area (Å²) in [6.45, 7) is 1.29. The summed E-state index contributed by atoms with van der Waals surface area (Å²) in [5.41, 5.74) is 1.72. The van der Waals surface area contributed by atoms with E-state index >= 15 is 0 Å². The predicted octanol–water partition coefficient (Wildman–Crippen LogP) is 2.09. The van der Waals surface area contributed by atoms with Gasteiger partial charge in [0, 0.05) is 19.9 Å². The van der Waals surface area contributed by atoms with Gasteiger partial charge in [-0.05, 0) is 12.1 Å². The lowest BCUT2D eigenvalue weighted by atomic mass is 10.2. The quantitative estimate of drug-likeness (QED) is 0.589. The van der Waals surface area contributed by atoms with Crippen LogP contribution in [0.5, 0.6) is 0 Å². The van der Waals surface area contributed by atoms with Crippen LogP contribution >= 0.6 is 0 Å². The molecule has 0 fully saturated rings. The first-order chi connectivity index (χ1) is 8.81. The van der Waals surface area contributed by atoms with Crippen molar-refractivity contribution in [3.05, 3.63) is 36.0 Å². The molecule has 0 saturated carbocycles. The van der Waals surface area contributed by atoms with Gasteiger partial charge in [-0.15, -0.1) is 0 Å². The van der Waals surface area contributed by atoms with Crippen molar-refractivity contribution in [1.29, 1.82) is 10.5 Å². The highest BCUT2D eigenvalue weighted by Gasteiger charge is 1.99. The standard InChI is InChI=1S/C13H14N4O/c1-18-7-6-16-12-4-2-3-5-13(12)17-10-11(8-14)9-15/h2-5,10,16-17H,6-7H2,1H3. The van der Waals surface area contributed by atoms with E-state index in [1.54, 1.807) is 19.2 Å². The molecule has 0 aromatic heterocycles. The number of anilines is 2. The van der Waals surface area contributed by atoms with Gasteiger partial charge in [0.2, 0.25) is 0 Å². The van der Waals surface area contributed by atoms with Gasteiger partial charge in [0.1, 0.15) is 17.7 Å². The largest absolute Gasteiger partial charge is 0.383 e. The lowest BCUT2D eigenvalue weighted by Gasteiger charge is -2.11. The molecule has 0 bridgehead atoms. The summed E-state index contributed by atoms with van der Waals surface area (Å²) in [5.74, 6) is 0. The maximum absolute atomic E-state index is 8.63. The van der Waals surface area contributed by atoms with Crippen LogP contribution in [0.2, 0.25) is 0 Å². The SMILES string of the molecule is COCCNc1ccccc1NC=C(C#N)C#N. The maximum atomic E-state index is 8.63. The van der Waals surface area contributed by atoms with Gasteiger partial charge >= 0.3 is 0 Å². The molecular weight excluding hydrogens is 228 g/mol. The number of nitrogens with one attached hydrogen (secondary N) is 2. The van der Waals surface area contributed by atoms with E-state index in [1.165, 1.54) is 6.20 Å². The van der Waals surface area contributed by atoms with Crippen molar-refractivity contribution in [2.24, 2.45) is 0 Å². The molecule has 0 atom stereocenters. The Labute approximate surface area is 106 Å². The number of rotatable bonds is 6. The smallest absolute Gasteiger partial charge is 0.145 e. The van der Waals surface area contributed by atoms with Crippen LogP contribution < -0.4 is 10.6 Å². The first-order valence-electron chi connectivity index (χ1n) is 5.40. The third-order valence-electron chi connectivity index (χ3n) is 2.16. The van der Waals surface area contributed by atoms with E-state index in [9.17, 15) is 0 Å². The molecule has 92 valence electrons. The molecule has 18 heavy (non-hydrogen) atoms. The maximum Gasteiger partial charge on any atom is 0.145 e. The second kappa shape index (κ2) is 7.72. The number of nitrogens with zero attached hydrogens (tertiary/aromatic N) is 2. The molecule has 0 heterocycles. The van der Waals surface area contributed by atoms with E-state index < -0.39 is 0 Å². The molecule has 0 spiro atoms. The van der Waals surface area contributed by atoms with Crippen LogP contribution in [0.1, 0.15) is 0 Å². The first kappa shape index (κ1) is 13.6. The highest BCUT2D eigenvalue weighted by Crippen LogP contribution is 2.20. The fraction of sp³-hybridized carbons (Fsp3) is 0.231. The Bertz CT molecular complexity index is 480. The Balaban J connectivity index is 2.74. The molecule has 2 N–H and O–H groups in total. The Morgan fingerprint density at radius 3 is 2.56 bits per heavy atom. The number of methoxy groups -OCH3 is 1. The molecule has 0 amide bonds. The van der Waals surface area contributed by atoms with Gasteiger partial charge in [-0.3, -0.25) is 0 Å². The second-order valence-corrected chi connectivity index (χ2v) is 3.39. The molecule has 1 aromatic rings. The van der Waals surface area contributed by atoms with Gasteiger partial charge in [0.25, 0.3) is 0 Å². The van der Waals surface area contributed by atoms with Gasteiger partial charge in [0.05, 0.1) is 18.0 Å². The zero-order chi connectivity index (χ0) is 13.2. The second-order valence-electron chi connectivity index (χ2n) is 3.39. The van der Waals surface area contributed by atoms with E-state index in [-0.39, 0.29) is 5.57 Å². The number of benzene rings is 1. The van der Waals surface area contributed by atoms with E-state index in [4.69, 9.17) is 15.3 Å². The van der Waals surface area contributed by atoms with Gasteiger partial charge in [-0.2, -0.15) is 10.5 Å². The number of ether oxygens (including phenoxy) is 1. The van der Waals surface area contributed by atoms with Crippen molar-refractivity contribution in [3.8, 4) is 12.1 Å². The molecule has 0 aliphatic heterocycles. The van der Waals surface area contributed by atoms with Crippen LogP contribution in [0.3, 0.4) is 0 Å². The van der Waals surface area contributed by atoms with E-state index in [0.29, 0.717) is 13.2 Å². The highest BCUT2D eigenvalue weighted by molar-refractivity contribution is 5.70. The van der Waals surface area contributed by atoms with Gasteiger partial charge in [0.15, 0.2) is 0 Å². The van der Waals surface area contributed by atoms with Crippen molar-refractivity contribution >= 4 is 11.4 Å². The summed E-state index contributed by atoms with van der Waals surface area (Å²) in [5, 5.41) is 23.4. The summed E-state index contributed by atoms with van der Waals surface area (Å²) in [6.07, 6.45) is 1.39. The molecule has 0 radical (unpaired) electrons. The number of nitriles is 2. The Kier molecular flexibility index (Phi) is 5.82. The molecule has 0 unspecified atom stereocenters. The number of hydrogen-bond acceptors (Lipinski definition) is 5. The van der Waals surface area contributed by atoms with Crippen molar-refractivity contribution in [2.45, 2.75) is 0 Å². The summed E-state index contributed by atoms with van der Waals surface area (Å²) in [7, 11) is 1.64. The van der Waals surface area contributed by atoms with E-state index in [0.717, 1.165) is 11.4 Å². The van der Waals surface area contributed by atoms with Crippen LogP contribution in [0.4, 0.5) is 11.4 Å². The minimum absolute atomic E-state index is 0.0293. The normalized spacial score (nSPS) is 8.83. The molecule has 1 aromatic carbocycles. The summed E-state index contributed by atoms with van der Waals surface area (Å²) in [4.78, 5) is 0. The fourth-order valence-corrected chi connectivity index (χ4v) is 1.29. The number of allylic oxidation sites excluding steroid dienone is 1. The lowest BCUT2D eigenvalue weighted by Crippen LogP contribution is -2.08. The monoisotopic (exact) mass is 242 g/mol. The zero-order valence-electron chi connectivity index (χ0n) is 10.1. The van der Waals surface area contributed by atoms with Crippen molar-refractivity contribution in [2.75, 3.05) is 30.9 Å². The van der Waals surface area contributed by atoms with Crippen LogP contribution in [0.15, 0.2) is 36.0 Å². The van der Waals surface area contributed by atoms with E-state index in [2.05, 4.69) is 10.6 Å². The molecule has 0 saturated heterocycles. The van der Waals surface area contributed by atoms with Crippen molar-refractivity contribution < 1.29 is 4.74 Å². The van der Waals surface area contributed by atoms with Gasteiger partial charge < -0.3 is 15.4 Å². The Morgan fingerprint density at radius 1 is 1.28 bits per heavy atom. The number of para-hydroxylation sites is 2. The minimum atomic E-state index is 0.0293. The van der Waals surface area contributed by atoms with Gasteiger partial charge in [-0.25, -0.2) is 0 Å². The molecule has 0 aliphatic carbocycles. The van der Waals surface area contributed by atoms with Crippen molar-refractivity contribution in [1.82, 2.24) is 0 Å². The fourth-order valence-electron chi connectivity index (χ4n) is 1.29. The topological polar surface area (TPSA) is 80.9 Å². The van der Waals surface area contributed by atoms with Crippen LogP contribution in [-0.2, 0) is 4.74 Å². The van der Waals surface area contributed by atoms with E-state index in [1.807, 2.05) is 24.3 Å². The van der Waals surface area contributed by atoms with Crippen LogP contribution in [-0.4, -0.2) is 20.3 Å². The summed E-state index contributed by atoms with van der Waals surface area (Å²) in [6, 6.07) is 11.1. The highest BCUT2D eigenvalue weighted by atomic mass is 16.5. The molecule has 0 aliphatic rings. The third kappa shape index (κ3) is 4.17. The lowest BCUT2D eigenvalue weighted by molar-refractivity contribution is 0.211. The molecular formula is C13H14N4O. The average Bonchev–Trinajstić information content (AvgIpc) is 2.41. The van der Waals surface area contributed by atoms with Crippen molar-refractivity contribution in [3.63, 3.8) is 0 Å². The Hall–Kier alpha value is -2.50. The first-order valence-corrected chi connectivity index (χ1v) is 5.40. The molecule has 5 heteroatoms. The molecule has 1 rings (SSSR count). The minimum Gasteiger partial charge on any atom is -0.383 e. The number of hydrogen-bond donors (Lipinski definition) is 2. The van der Waals surface area contributed by atoms with Crippen LogP contribution in [0.25, 0.3) is 0 Å². The third-order valence-corrected chi connectivity index (χ3v) is 2.16. The van der Waals surface area contributed by atoms with Crippen LogP contribution in [0, 0.1) is 22.7 Å².